The van der Waals surface area contributed by atoms with Gasteiger partial charge in [-0.25, -0.2) is 0 Å². The Bertz CT molecular complexity index is 369. The second kappa shape index (κ2) is 5.99. The minimum Gasteiger partial charge on any atom is -0.480 e. The highest BCUT2D eigenvalue weighted by molar-refractivity contribution is 5.79. The van der Waals surface area contributed by atoms with E-state index in [4.69, 9.17) is 10.8 Å². The molecule has 21 heavy (non-hydrogen) atoms. The quantitative estimate of drug-likeness (QED) is 0.763. The largest absolute Gasteiger partial charge is 0.480 e. The number of halogens is 6. The summed E-state index contributed by atoms with van der Waals surface area (Å²) in [6.45, 7) is -0.861. The highest BCUT2D eigenvalue weighted by Crippen LogP contribution is 2.38. The van der Waals surface area contributed by atoms with Crippen LogP contribution in [0.3, 0.4) is 0 Å². The number of hydrogen-bond donors (Lipinski definition) is 2. The first-order valence-corrected chi connectivity index (χ1v) is 6.16. The van der Waals surface area contributed by atoms with Gasteiger partial charge in [0.05, 0.1) is 0 Å². The van der Waals surface area contributed by atoms with Gasteiger partial charge in [-0.1, -0.05) is 6.42 Å². The Balaban J connectivity index is 2.61. The predicted molar refractivity (Wildman–Crippen MR) is 58.4 cm³/mol. The molecular weight excluding hydrogens is 308 g/mol. The van der Waals surface area contributed by atoms with Gasteiger partial charge in [-0.2, -0.15) is 26.3 Å². The molecule has 1 aliphatic rings. The first-order chi connectivity index (χ1) is 9.39. The molecule has 0 aromatic rings. The number of rotatable bonds is 5. The number of aliphatic carboxylic acids is 1. The molecular formula is C11H15F6NO3. The highest BCUT2D eigenvalue weighted by atomic mass is 19.4. The third-order valence-corrected chi connectivity index (χ3v) is 3.62. The zero-order chi connectivity index (χ0) is 16.5. The molecule has 1 saturated carbocycles. The molecule has 4 nitrogen and oxygen atoms in total. The van der Waals surface area contributed by atoms with Gasteiger partial charge in [-0.3, -0.25) is 4.79 Å². The molecule has 0 radical (unpaired) electrons. The highest BCUT2D eigenvalue weighted by Gasteiger charge is 2.58. The molecule has 124 valence electrons. The molecule has 0 heterocycles. The second-order valence-corrected chi connectivity index (χ2v) is 5.06. The number of hydrogen-bond acceptors (Lipinski definition) is 3. The van der Waals surface area contributed by atoms with Gasteiger partial charge < -0.3 is 15.6 Å². The second-order valence-electron chi connectivity index (χ2n) is 5.06. The molecule has 2 atom stereocenters. The summed E-state index contributed by atoms with van der Waals surface area (Å²) in [6.07, 6.45) is -14.4. The van der Waals surface area contributed by atoms with Gasteiger partial charge in [-0.05, 0) is 25.2 Å². The van der Waals surface area contributed by atoms with Crippen LogP contribution >= 0.6 is 0 Å². The molecule has 10 heteroatoms. The van der Waals surface area contributed by atoms with Gasteiger partial charge >= 0.3 is 18.3 Å². The summed E-state index contributed by atoms with van der Waals surface area (Å²) < 4.78 is 77.3. The first-order valence-electron chi connectivity index (χ1n) is 6.16. The van der Waals surface area contributed by atoms with E-state index in [1.165, 1.54) is 0 Å². The molecule has 3 N–H and O–H groups in total. The third kappa shape index (κ3) is 4.22. The summed E-state index contributed by atoms with van der Waals surface area (Å²) in [7, 11) is 0. The number of alkyl halides is 6. The summed E-state index contributed by atoms with van der Waals surface area (Å²) in [5, 5.41) is 8.98. The van der Waals surface area contributed by atoms with Crippen molar-refractivity contribution in [2.24, 2.45) is 11.7 Å². The van der Waals surface area contributed by atoms with E-state index >= 15 is 0 Å². The number of carbonyl (C=O) groups is 1. The van der Waals surface area contributed by atoms with Gasteiger partial charge in [0.2, 0.25) is 6.10 Å². The van der Waals surface area contributed by atoms with E-state index in [1.54, 1.807) is 0 Å². The molecule has 0 aromatic carbocycles. The van der Waals surface area contributed by atoms with Crippen molar-refractivity contribution in [3.8, 4) is 0 Å². The van der Waals surface area contributed by atoms with Crippen LogP contribution in [0.1, 0.15) is 25.7 Å². The van der Waals surface area contributed by atoms with Crippen molar-refractivity contribution in [2.45, 2.75) is 49.7 Å². The van der Waals surface area contributed by atoms with Crippen LogP contribution in [0.15, 0.2) is 0 Å². The van der Waals surface area contributed by atoms with Crippen molar-refractivity contribution in [1.29, 1.82) is 0 Å². The lowest BCUT2D eigenvalue weighted by molar-refractivity contribution is -0.322. The van der Waals surface area contributed by atoms with Gasteiger partial charge in [0.25, 0.3) is 0 Å². The Kier molecular flexibility index (Phi) is 5.14. The van der Waals surface area contributed by atoms with Gasteiger partial charge in [0.1, 0.15) is 5.54 Å². The Morgan fingerprint density at radius 1 is 1.29 bits per heavy atom. The fraction of sp³-hybridized carbons (Fsp3) is 0.909. The van der Waals surface area contributed by atoms with Gasteiger partial charge in [-0.15, -0.1) is 0 Å². The Morgan fingerprint density at radius 3 is 2.24 bits per heavy atom. The van der Waals surface area contributed by atoms with Crippen LogP contribution in [0.25, 0.3) is 0 Å². The van der Waals surface area contributed by atoms with Crippen LogP contribution in [0.2, 0.25) is 0 Å². The molecule has 2 unspecified atom stereocenters. The van der Waals surface area contributed by atoms with E-state index in [2.05, 4.69) is 4.74 Å². The smallest absolute Gasteiger partial charge is 0.423 e. The molecule has 1 fully saturated rings. The summed E-state index contributed by atoms with van der Waals surface area (Å²) in [6, 6.07) is 0. The fourth-order valence-electron chi connectivity index (χ4n) is 2.49. The van der Waals surface area contributed by atoms with Crippen molar-refractivity contribution in [2.75, 3.05) is 6.61 Å². The summed E-state index contributed by atoms with van der Waals surface area (Å²) in [4.78, 5) is 11.0. The lowest BCUT2D eigenvalue weighted by atomic mass is 9.86. The van der Waals surface area contributed by atoms with Crippen LogP contribution in [0, 0.1) is 5.92 Å². The van der Waals surface area contributed by atoms with Gasteiger partial charge in [0, 0.05) is 6.61 Å². The first kappa shape index (κ1) is 18.0. The molecule has 0 aromatic heterocycles. The lowest BCUT2D eigenvalue weighted by Crippen LogP contribution is -2.51. The fourth-order valence-corrected chi connectivity index (χ4v) is 2.49. The molecule has 1 aliphatic carbocycles. The van der Waals surface area contributed by atoms with Crippen molar-refractivity contribution in [3.63, 3.8) is 0 Å². The standard InChI is InChI=1S/C11H15F6NO3/c12-10(13,14)7(11(15,16)17)21-5-3-6-2-1-4-9(6,18)8(19)20/h6-7H,1-5,18H2,(H,19,20). The molecule has 0 saturated heterocycles. The van der Waals surface area contributed by atoms with Crippen molar-refractivity contribution >= 4 is 5.97 Å². The van der Waals surface area contributed by atoms with E-state index in [1.807, 2.05) is 0 Å². The minimum atomic E-state index is -5.57. The Labute approximate surface area is 116 Å². The SMILES string of the molecule is NC1(C(=O)O)CCCC1CCOC(C(F)(F)F)C(F)(F)F. The van der Waals surface area contributed by atoms with Crippen LogP contribution in [-0.2, 0) is 9.53 Å². The number of nitrogens with two attached hydrogens (primary N) is 1. The number of carboxylic acid groups (broad SMARTS) is 1. The molecule has 1 rings (SSSR count). The number of ether oxygens (including phenoxy) is 1. The molecule has 0 amide bonds. The van der Waals surface area contributed by atoms with E-state index < -0.39 is 42.5 Å². The van der Waals surface area contributed by atoms with E-state index in [-0.39, 0.29) is 12.8 Å². The maximum atomic E-state index is 12.2. The van der Waals surface area contributed by atoms with Crippen molar-refractivity contribution in [3.05, 3.63) is 0 Å². The molecule has 0 bridgehead atoms. The Hall–Kier alpha value is -1.03. The number of carboxylic acids is 1. The minimum absolute atomic E-state index is 0.134. The summed E-state index contributed by atoms with van der Waals surface area (Å²) >= 11 is 0. The van der Waals surface area contributed by atoms with Crippen molar-refractivity contribution < 1.29 is 41.0 Å². The normalized spacial score (nSPS) is 27.3. The van der Waals surface area contributed by atoms with Crippen LogP contribution in [-0.4, -0.2) is 41.7 Å². The van der Waals surface area contributed by atoms with E-state index in [9.17, 15) is 31.1 Å². The third-order valence-electron chi connectivity index (χ3n) is 3.62. The maximum absolute atomic E-state index is 12.2. The zero-order valence-electron chi connectivity index (χ0n) is 10.8. The molecule has 0 spiro atoms. The van der Waals surface area contributed by atoms with Gasteiger partial charge in [0.15, 0.2) is 0 Å². The topological polar surface area (TPSA) is 72.6 Å². The average molecular weight is 323 g/mol. The predicted octanol–water partition coefficient (Wildman–Crippen LogP) is 2.47. The monoisotopic (exact) mass is 323 g/mol. The van der Waals surface area contributed by atoms with Crippen LogP contribution in [0.4, 0.5) is 26.3 Å². The zero-order valence-corrected chi connectivity index (χ0v) is 10.8. The summed E-state index contributed by atoms with van der Waals surface area (Å²) in [5.74, 6) is -2.02. The molecule has 0 aliphatic heterocycles. The van der Waals surface area contributed by atoms with Crippen molar-refractivity contribution in [1.82, 2.24) is 0 Å². The average Bonchev–Trinajstić information content (AvgIpc) is 2.64. The van der Waals surface area contributed by atoms with Crippen LogP contribution < -0.4 is 5.73 Å². The Morgan fingerprint density at radius 2 is 1.81 bits per heavy atom. The maximum Gasteiger partial charge on any atom is 0.423 e. The van der Waals surface area contributed by atoms with Crippen LogP contribution in [0.5, 0.6) is 0 Å². The van der Waals surface area contributed by atoms with E-state index in [0.717, 1.165) is 0 Å². The van der Waals surface area contributed by atoms with E-state index in [0.29, 0.717) is 12.8 Å². The lowest BCUT2D eigenvalue weighted by Gasteiger charge is -2.28. The summed E-state index contributed by atoms with van der Waals surface area (Å²) in [5.41, 5.74) is 4.02.